The minimum absolute atomic E-state index is 0.488. The lowest BCUT2D eigenvalue weighted by Crippen LogP contribution is -1.83. The Bertz CT molecular complexity index is 39.2. The molecule has 0 N–H and O–H groups in total. The van der Waals surface area contributed by atoms with E-state index >= 15 is 0 Å². The van der Waals surface area contributed by atoms with Gasteiger partial charge < -0.3 is 0 Å². The molecule has 0 aromatic carbocycles. The van der Waals surface area contributed by atoms with Gasteiger partial charge in [-0.05, 0) is 17.7 Å². The van der Waals surface area contributed by atoms with Crippen LogP contribution in [0.2, 0.25) is 0 Å². The van der Waals surface area contributed by atoms with E-state index in [9.17, 15) is 0 Å². The number of rotatable bonds is 2. The number of hydrogen-bond acceptors (Lipinski definition) is 1. The Kier molecular flexibility index (Phi) is 3.34. The van der Waals surface area contributed by atoms with Crippen LogP contribution < -0.4 is 0 Å². The molecule has 0 bridgehead atoms. The van der Waals surface area contributed by atoms with E-state index in [2.05, 4.69) is 19.1 Å². The molecule has 0 rings (SSSR count). The Labute approximate surface area is 44.6 Å². The van der Waals surface area contributed by atoms with Gasteiger partial charge in [0.25, 0.3) is 0 Å². The highest BCUT2D eigenvalue weighted by Gasteiger charge is 1.84. The fourth-order valence-corrected chi connectivity index (χ4v) is 0.493. The Morgan fingerprint density at radius 3 is 2.50 bits per heavy atom. The topological polar surface area (TPSA) is 0 Å². The van der Waals surface area contributed by atoms with Gasteiger partial charge in [0.05, 0.1) is 0 Å². The minimum atomic E-state index is 0.488. The summed E-state index contributed by atoms with van der Waals surface area (Å²) in [6.45, 7) is 5.77. The number of thiocarbonyl (C=S) groups is 1. The lowest BCUT2D eigenvalue weighted by atomic mass is 10.2. The van der Waals surface area contributed by atoms with Crippen molar-refractivity contribution in [2.24, 2.45) is 5.92 Å². The predicted octanol–water partition coefficient (Wildman–Crippen LogP) is 1.85. The van der Waals surface area contributed by atoms with E-state index < -0.39 is 0 Å². The SMILES string of the molecule is [CH2]C(C)CC=S. The highest BCUT2D eigenvalue weighted by molar-refractivity contribution is 7.78. The molecule has 1 atom stereocenters. The molecule has 6 heavy (non-hydrogen) atoms. The van der Waals surface area contributed by atoms with Crippen molar-refractivity contribution in [2.75, 3.05) is 0 Å². The third-order valence-corrected chi connectivity index (χ3v) is 0.691. The van der Waals surface area contributed by atoms with Crippen LogP contribution in [0.5, 0.6) is 0 Å². The van der Waals surface area contributed by atoms with Crippen molar-refractivity contribution in [3.8, 4) is 0 Å². The van der Waals surface area contributed by atoms with Crippen LogP contribution in [0, 0.1) is 12.8 Å². The summed E-state index contributed by atoms with van der Waals surface area (Å²) in [7, 11) is 0. The van der Waals surface area contributed by atoms with Crippen LogP contribution in [0.3, 0.4) is 0 Å². The zero-order valence-electron chi connectivity index (χ0n) is 3.98. The molecule has 1 radical (unpaired) electrons. The van der Waals surface area contributed by atoms with Crippen LogP contribution in [0.4, 0.5) is 0 Å². The quantitative estimate of drug-likeness (QED) is 0.478. The van der Waals surface area contributed by atoms with E-state index in [1.54, 1.807) is 5.37 Å². The fraction of sp³-hybridized carbons (Fsp3) is 0.600. The van der Waals surface area contributed by atoms with Crippen molar-refractivity contribution in [2.45, 2.75) is 13.3 Å². The smallest absolute Gasteiger partial charge is 0.0208 e. The molecular weight excluding hydrogens is 92.1 g/mol. The number of hydrogen-bond donors (Lipinski definition) is 0. The average molecular weight is 101 g/mol. The first-order valence-corrected chi connectivity index (χ1v) is 2.51. The van der Waals surface area contributed by atoms with E-state index in [0.29, 0.717) is 5.92 Å². The summed E-state index contributed by atoms with van der Waals surface area (Å²) in [6.07, 6.45) is 0.954. The first kappa shape index (κ1) is 6.09. The maximum Gasteiger partial charge on any atom is -0.0208 e. The summed E-state index contributed by atoms with van der Waals surface area (Å²) in [5, 5.41) is 1.72. The average Bonchev–Trinajstić information content (AvgIpc) is 1.35. The molecule has 35 valence electrons. The van der Waals surface area contributed by atoms with Gasteiger partial charge in [-0.1, -0.05) is 26.1 Å². The third-order valence-electron chi connectivity index (χ3n) is 0.499. The second-order valence-electron chi connectivity index (χ2n) is 1.51. The Morgan fingerprint density at radius 1 is 2.00 bits per heavy atom. The van der Waals surface area contributed by atoms with E-state index in [-0.39, 0.29) is 0 Å². The van der Waals surface area contributed by atoms with E-state index in [0.717, 1.165) is 6.42 Å². The van der Waals surface area contributed by atoms with Crippen LogP contribution in [-0.4, -0.2) is 5.37 Å². The summed E-state index contributed by atoms with van der Waals surface area (Å²) >= 11 is 4.56. The van der Waals surface area contributed by atoms with Gasteiger partial charge in [0.1, 0.15) is 0 Å². The summed E-state index contributed by atoms with van der Waals surface area (Å²) in [5.41, 5.74) is 0. The maximum atomic E-state index is 4.56. The summed E-state index contributed by atoms with van der Waals surface area (Å²) < 4.78 is 0. The predicted molar refractivity (Wildman–Crippen MR) is 32.8 cm³/mol. The molecule has 1 heteroatoms. The monoisotopic (exact) mass is 101 g/mol. The van der Waals surface area contributed by atoms with Gasteiger partial charge in [-0.3, -0.25) is 0 Å². The van der Waals surface area contributed by atoms with E-state index in [1.165, 1.54) is 0 Å². The normalized spacial score (nSPS) is 9.17. The van der Waals surface area contributed by atoms with Crippen molar-refractivity contribution >= 4 is 17.6 Å². The molecule has 0 saturated heterocycles. The summed E-state index contributed by atoms with van der Waals surface area (Å²) in [6, 6.07) is 0. The summed E-state index contributed by atoms with van der Waals surface area (Å²) in [4.78, 5) is 0. The standard InChI is InChI=1S/C5H9S/c1-5(2)3-4-6/h4-5H,1,3H2,2H3. The highest BCUT2D eigenvalue weighted by Crippen LogP contribution is 1.92. The van der Waals surface area contributed by atoms with Gasteiger partial charge in [-0.15, -0.1) is 0 Å². The first-order valence-electron chi connectivity index (χ1n) is 2.04. The van der Waals surface area contributed by atoms with Gasteiger partial charge in [-0.25, -0.2) is 0 Å². The summed E-state index contributed by atoms with van der Waals surface area (Å²) in [5.74, 6) is 0.488. The lowest BCUT2D eigenvalue weighted by Gasteiger charge is -1.91. The second kappa shape index (κ2) is 3.29. The van der Waals surface area contributed by atoms with Crippen LogP contribution in [0.25, 0.3) is 0 Å². The van der Waals surface area contributed by atoms with Crippen LogP contribution in [0.15, 0.2) is 0 Å². The van der Waals surface area contributed by atoms with Gasteiger partial charge >= 0.3 is 0 Å². The molecule has 0 heterocycles. The fourth-order valence-electron chi connectivity index (χ4n) is 0.164. The van der Waals surface area contributed by atoms with E-state index in [4.69, 9.17) is 0 Å². The van der Waals surface area contributed by atoms with E-state index in [1.807, 2.05) is 6.92 Å². The van der Waals surface area contributed by atoms with Crippen molar-refractivity contribution in [1.29, 1.82) is 0 Å². The van der Waals surface area contributed by atoms with Crippen LogP contribution in [0.1, 0.15) is 13.3 Å². The van der Waals surface area contributed by atoms with Crippen LogP contribution >= 0.6 is 12.2 Å². The van der Waals surface area contributed by atoms with Crippen molar-refractivity contribution in [1.82, 2.24) is 0 Å². The molecule has 0 fully saturated rings. The minimum Gasteiger partial charge on any atom is -0.0935 e. The zero-order valence-corrected chi connectivity index (χ0v) is 4.79. The highest BCUT2D eigenvalue weighted by atomic mass is 32.1. The Morgan fingerprint density at radius 2 is 2.50 bits per heavy atom. The molecule has 1 unspecified atom stereocenters. The molecule has 0 aliphatic carbocycles. The zero-order chi connectivity index (χ0) is 4.99. The molecule has 0 spiro atoms. The Hall–Kier alpha value is 0.0900. The van der Waals surface area contributed by atoms with Crippen molar-refractivity contribution in [3.63, 3.8) is 0 Å². The maximum absolute atomic E-state index is 4.56. The van der Waals surface area contributed by atoms with Crippen molar-refractivity contribution < 1.29 is 0 Å². The molecule has 0 aliphatic rings. The third kappa shape index (κ3) is 4.09. The molecule has 0 aliphatic heterocycles. The molecule has 0 amide bonds. The van der Waals surface area contributed by atoms with Gasteiger partial charge in [0, 0.05) is 0 Å². The molecule has 0 aromatic heterocycles. The molecule has 0 saturated carbocycles. The van der Waals surface area contributed by atoms with Gasteiger partial charge in [-0.2, -0.15) is 0 Å². The largest absolute Gasteiger partial charge is 0.0935 e. The molecular formula is C5H9S. The second-order valence-corrected chi connectivity index (χ2v) is 1.84. The molecule has 0 nitrogen and oxygen atoms in total. The molecule has 0 aromatic rings. The lowest BCUT2D eigenvalue weighted by molar-refractivity contribution is 0.777. The van der Waals surface area contributed by atoms with Crippen molar-refractivity contribution in [3.05, 3.63) is 6.92 Å². The van der Waals surface area contributed by atoms with Gasteiger partial charge in [0.15, 0.2) is 0 Å². The first-order chi connectivity index (χ1) is 2.77. The van der Waals surface area contributed by atoms with Crippen LogP contribution in [-0.2, 0) is 0 Å². The van der Waals surface area contributed by atoms with Gasteiger partial charge in [0.2, 0.25) is 0 Å². The Balaban J connectivity index is 2.81.